The van der Waals surface area contributed by atoms with Gasteiger partial charge in [0.05, 0.1) is 35.4 Å². The zero-order valence-corrected chi connectivity index (χ0v) is 20.2. The van der Waals surface area contributed by atoms with Gasteiger partial charge in [-0.05, 0) is 37.1 Å². The molecule has 184 valence electrons. The maximum Gasteiger partial charge on any atom is 0.227 e. The van der Waals surface area contributed by atoms with Gasteiger partial charge in [0, 0.05) is 38.7 Å². The number of hydrogen-bond donors (Lipinski definition) is 0. The normalized spacial score (nSPS) is 18.7. The van der Waals surface area contributed by atoms with Crippen molar-refractivity contribution in [3.05, 3.63) is 46.5 Å². The largest absolute Gasteiger partial charge is 0.373 e. The molecule has 0 spiro atoms. The van der Waals surface area contributed by atoms with E-state index in [1.807, 2.05) is 0 Å². The summed E-state index contributed by atoms with van der Waals surface area (Å²) in [6.07, 6.45) is 0.720. The molecule has 0 saturated carbocycles. The molecule has 5 rings (SSSR count). The van der Waals surface area contributed by atoms with Gasteiger partial charge in [-0.25, -0.2) is 13.8 Å². The third-order valence-corrected chi connectivity index (χ3v) is 6.96. The first kappa shape index (κ1) is 23.7. The number of aryl methyl sites for hydroxylation is 1. The van der Waals surface area contributed by atoms with Crippen molar-refractivity contribution in [2.45, 2.75) is 39.3 Å². The molecule has 2 amide bonds. The van der Waals surface area contributed by atoms with Crippen molar-refractivity contribution in [2.75, 3.05) is 31.1 Å². The first-order chi connectivity index (χ1) is 16.7. The molecule has 2 aliphatic rings. The van der Waals surface area contributed by atoms with Gasteiger partial charge in [0.2, 0.25) is 11.8 Å². The lowest BCUT2D eigenvalue weighted by Gasteiger charge is -2.32. The molecule has 35 heavy (non-hydrogen) atoms. The standard InChI is InChI=1S/C25H25ClF2N4O3/c1-14-5-6-20-24(23(14)28)29-25(32(20)13-17-12-30(15(2)33)8-9-35-17)22-18(26)10-16(11-19(22)27)31-7-3-4-21(31)34/h5-6,10-11,17H,3-4,7-9,12-13H2,1-2H3/t17-/m1/s1. The topological polar surface area (TPSA) is 67.7 Å². The van der Waals surface area contributed by atoms with Crippen molar-refractivity contribution in [2.24, 2.45) is 0 Å². The van der Waals surface area contributed by atoms with Crippen LogP contribution in [0.5, 0.6) is 0 Å². The van der Waals surface area contributed by atoms with Gasteiger partial charge in [0.15, 0.2) is 5.82 Å². The van der Waals surface area contributed by atoms with Crippen molar-refractivity contribution in [3.8, 4) is 11.4 Å². The second-order valence-electron chi connectivity index (χ2n) is 9.00. The van der Waals surface area contributed by atoms with Gasteiger partial charge < -0.3 is 19.1 Å². The minimum Gasteiger partial charge on any atom is -0.373 e. The number of carbonyl (C=O) groups excluding carboxylic acids is 2. The van der Waals surface area contributed by atoms with Gasteiger partial charge in [-0.2, -0.15) is 0 Å². The molecule has 3 aromatic rings. The molecule has 0 radical (unpaired) electrons. The number of imidazole rings is 1. The van der Waals surface area contributed by atoms with Gasteiger partial charge in [-0.3, -0.25) is 9.59 Å². The number of nitrogens with zero attached hydrogens (tertiary/aromatic N) is 4. The Morgan fingerprint density at radius 3 is 2.74 bits per heavy atom. The SMILES string of the molecule is CC(=O)N1CCO[C@@H](Cn2c(-c3c(F)cc(N4CCCC4=O)cc3Cl)nc3c(F)c(C)ccc32)C1. The fourth-order valence-electron chi connectivity index (χ4n) is 4.81. The molecule has 0 N–H and O–H groups in total. The Labute approximate surface area is 206 Å². The van der Waals surface area contributed by atoms with Crippen LogP contribution in [0.25, 0.3) is 22.4 Å². The van der Waals surface area contributed by atoms with E-state index in [4.69, 9.17) is 16.3 Å². The zero-order valence-electron chi connectivity index (χ0n) is 19.5. The second kappa shape index (κ2) is 9.20. The van der Waals surface area contributed by atoms with E-state index in [1.54, 1.807) is 34.6 Å². The minimum absolute atomic E-state index is 0.0227. The Bertz CT molecular complexity index is 1320. The molecule has 0 unspecified atom stereocenters. The van der Waals surface area contributed by atoms with E-state index in [9.17, 15) is 9.59 Å². The summed E-state index contributed by atoms with van der Waals surface area (Å²) >= 11 is 6.56. The molecular weight excluding hydrogens is 478 g/mol. The molecule has 2 fully saturated rings. The minimum atomic E-state index is -0.657. The van der Waals surface area contributed by atoms with Crippen LogP contribution in [0.15, 0.2) is 24.3 Å². The van der Waals surface area contributed by atoms with E-state index in [-0.39, 0.29) is 40.3 Å². The average Bonchev–Trinajstić information content (AvgIpc) is 3.40. The number of anilines is 1. The van der Waals surface area contributed by atoms with E-state index in [0.29, 0.717) is 55.9 Å². The monoisotopic (exact) mass is 502 g/mol. The average molecular weight is 503 g/mol. The Morgan fingerprint density at radius 1 is 1.26 bits per heavy atom. The Balaban J connectivity index is 1.61. The number of rotatable bonds is 4. The first-order valence-electron chi connectivity index (χ1n) is 11.6. The van der Waals surface area contributed by atoms with Crippen molar-refractivity contribution in [3.63, 3.8) is 0 Å². The Hall–Kier alpha value is -3.04. The predicted molar refractivity (Wildman–Crippen MR) is 128 cm³/mol. The summed E-state index contributed by atoms with van der Waals surface area (Å²) in [5.41, 5.74) is 1.40. The van der Waals surface area contributed by atoms with E-state index in [2.05, 4.69) is 4.98 Å². The van der Waals surface area contributed by atoms with Crippen LogP contribution in [0.3, 0.4) is 0 Å². The Kier molecular flexibility index (Phi) is 6.23. The molecule has 1 aromatic heterocycles. The van der Waals surface area contributed by atoms with Crippen molar-refractivity contribution in [1.29, 1.82) is 0 Å². The molecule has 1 atom stereocenters. The molecule has 2 saturated heterocycles. The highest BCUT2D eigenvalue weighted by atomic mass is 35.5. The molecule has 0 aliphatic carbocycles. The first-order valence-corrected chi connectivity index (χ1v) is 11.9. The van der Waals surface area contributed by atoms with E-state index in [0.717, 1.165) is 0 Å². The number of morpholine rings is 1. The molecule has 0 bridgehead atoms. The quantitative estimate of drug-likeness (QED) is 0.533. The number of carbonyl (C=O) groups is 2. The van der Waals surface area contributed by atoms with Crippen LogP contribution in [-0.4, -0.2) is 58.6 Å². The number of halogens is 3. The summed E-state index contributed by atoms with van der Waals surface area (Å²) < 4.78 is 38.2. The summed E-state index contributed by atoms with van der Waals surface area (Å²) in [5, 5.41) is 0.0725. The van der Waals surface area contributed by atoms with Gasteiger partial charge in [0.1, 0.15) is 17.2 Å². The van der Waals surface area contributed by atoms with E-state index < -0.39 is 17.7 Å². The number of aromatic nitrogens is 2. The number of hydrogen-bond acceptors (Lipinski definition) is 4. The van der Waals surface area contributed by atoms with Gasteiger partial charge in [-0.1, -0.05) is 17.7 Å². The van der Waals surface area contributed by atoms with Gasteiger partial charge in [-0.15, -0.1) is 0 Å². The summed E-state index contributed by atoms with van der Waals surface area (Å²) in [7, 11) is 0. The van der Waals surface area contributed by atoms with Gasteiger partial charge in [0.25, 0.3) is 0 Å². The number of amides is 2. The number of fused-ring (bicyclic) bond motifs is 1. The summed E-state index contributed by atoms with van der Waals surface area (Å²) in [6, 6.07) is 6.19. The maximum atomic E-state index is 15.6. The van der Waals surface area contributed by atoms with E-state index >= 15 is 8.78 Å². The molecule has 2 aliphatic heterocycles. The highest BCUT2D eigenvalue weighted by Gasteiger charge is 2.29. The molecular formula is C25H25ClF2N4O3. The highest BCUT2D eigenvalue weighted by molar-refractivity contribution is 6.33. The lowest BCUT2D eigenvalue weighted by molar-refractivity contribution is -0.136. The summed E-state index contributed by atoms with van der Waals surface area (Å²) in [6.45, 7) is 5.08. The lowest BCUT2D eigenvalue weighted by Crippen LogP contribution is -2.46. The third-order valence-electron chi connectivity index (χ3n) is 6.66. The fourth-order valence-corrected chi connectivity index (χ4v) is 5.09. The summed E-state index contributed by atoms with van der Waals surface area (Å²) in [5.74, 6) is -1.13. The van der Waals surface area contributed by atoms with Crippen LogP contribution >= 0.6 is 11.6 Å². The van der Waals surface area contributed by atoms with Crippen molar-refractivity contribution < 1.29 is 23.1 Å². The number of benzene rings is 2. The zero-order chi connectivity index (χ0) is 24.9. The Morgan fingerprint density at radius 2 is 2.06 bits per heavy atom. The third kappa shape index (κ3) is 4.27. The second-order valence-corrected chi connectivity index (χ2v) is 9.41. The maximum absolute atomic E-state index is 15.6. The highest BCUT2D eigenvalue weighted by Crippen LogP contribution is 2.37. The molecule has 7 nitrogen and oxygen atoms in total. The van der Waals surface area contributed by atoms with Crippen molar-refractivity contribution in [1.82, 2.24) is 14.5 Å². The van der Waals surface area contributed by atoms with Crippen LogP contribution in [0, 0.1) is 18.6 Å². The molecule has 2 aromatic carbocycles. The summed E-state index contributed by atoms with van der Waals surface area (Å²) in [4.78, 5) is 31.7. The molecule has 10 heteroatoms. The lowest BCUT2D eigenvalue weighted by atomic mass is 10.1. The smallest absolute Gasteiger partial charge is 0.227 e. The van der Waals surface area contributed by atoms with Crippen LogP contribution < -0.4 is 4.90 Å². The fraction of sp³-hybridized carbons (Fsp3) is 0.400. The van der Waals surface area contributed by atoms with Gasteiger partial charge >= 0.3 is 0 Å². The molecule has 3 heterocycles. The van der Waals surface area contributed by atoms with E-state index in [1.165, 1.54) is 17.9 Å². The van der Waals surface area contributed by atoms with Crippen molar-refractivity contribution >= 4 is 40.1 Å². The number of ether oxygens (including phenoxy) is 1. The predicted octanol–water partition coefficient (Wildman–Crippen LogP) is 4.32. The van der Waals surface area contributed by atoms with Crippen LogP contribution in [-0.2, 0) is 20.9 Å². The van der Waals surface area contributed by atoms with Crippen LogP contribution in [0.4, 0.5) is 14.5 Å². The van der Waals surface area contributed by atoms with Crippen LogP contribution in [0.2, 0.25) is 5.02 Å². The van der Waals surface area contributed by atoms with Crippen LogP contribution in [0.1, 0.15) is 25.3 Å².